The monoisotopic (exact) mass is 343 g/mol. The summed E-state index contributed by atoms with van der Waals surface area (Å²) in [6.07, 6.45) is 9.66. The number of fused-ring (bicyclic) bond motifs is 1. The Hall–Kier alpha value is -1.79. The number of hydrogen-bond acceptors (Lipinski definition) is 5. The highest BCUT2D eigenvalue weighted by Crippen LogP contribution is 2.33. The van der Waals surface area contributed by atoms with Crippen LogP contribution in [0.3, 0.4) is 0 Å². The minimum atomic E-state index is -0.0771. The smallest absolute Gasteiger partial charge is 0.267 e. The average molecular weight is 343 g/mol. The van der Waals surface area contributed by atoms with Gasteiger partial charge in [0.1, 0.15) is 11.2 Å². The summed E-state index contributed by atoms with van der Waals surface area (Å²) in [5.41, 5.74) is 0.895. The van der Waals surface area contributed by atoms with Crippen molar-refractivity contribution in [1.29, 1.82) is 0 Å². The summed E-state index contributed by atoms with van der Waals surface area (Å²) < 4.78 is 1.39. The van der Waals surface area contributed by atoms with E-state index in [4.69, 9.17) is 0 Å². The van der Waals surface area contributed by atoms with E-state index in [1.807, 2.05) is 29.1 Å². The van der Waals surface area contributed by atoms with E-state index in [0.29, 0.717) is 11.3 Å². The molecule has 3 heterocycles. The van der Waals surface area contributed by atoms with Crippen molar-refractivity contribution in [3.63, 3.8) is 0 Å². The lowest BCUT2D eigenvalue weighted by Crippen LogP contribution is -2.18. The maximum absolute atomic E-state index is 12.8. The number of aromatic nitrogens is 2. The van der Waals surface area contributed by atoms with Crippen LogP contribution in [0.1, 0.15) is 32.1 Å². The van der Waals surface area contributed by atoms with Crippen molar-refractivity contribution in [2.45, 2.75) is 32.1 Å². The third kappa shape index (κ3) is 2.88. The van der Waals surface area contributed by atoms with E-state index in [2.05, 4.69) is 10.1 Å². The summed E-state index contributed by atoms with van der Waals surface area (Å²) in [6.45, 7) is 0. The minimum absolute atomic E-state index is 0.0771. The number of thiophene rings is 2. The summed E-state index contributed by atoms with van der Waals surface area (Å²) >= 11 is 3.15. The quantitative estimate of drug-likeness (QED) is 0.653. The molecule has 1 fully saturated rings. The van der Waals surface area contributed by atoms with E-state index in [9.17, 15) is 4.79 Å². The highest BCUT2D eigenvalue weighted by Gasteiger charge is 2.14. The van der Waals surface area contributed by atoms with Gasteiger partial charge in [-0.05, 0) is 30.2 Å². The molecule has 0 bridgehead atoms. The van der Waals surface area contributed by atoms with Gasteiger partial charge in [-0.2, -0.15) is 9.78 Å². The second-order valence-electron chi connectivity index (χ2n) is 5.86. The van der Waals surface area contributed by atoms with Gasteiger partial charge in [-0.25, -0.2) is 4.98 Å². The molecule has 0 aliphatic heterocycles. The Morgan fingerprint density at radius 1 is 1.26 bits per heavy atom. The predicted octanol–water partition coefficient (Wildman–Crippen LogP) is 4.60. The minimum Gasteiger partial charge on any atom is -0.267 e. The number of hydrogen-bond donors (Lipinski definition) is 0. The zero-order valence-corrected chi connectivity index (χ0v) is 14.3. The molecule has 0 unspecified atom stereocenters. The Morgan fingerprint density at radius 3 is 2.91 bits per heavy atom. The van der Waals surface area contributed by atoms with E-state index in [0.717, 1.165) is 15.3 Å². The van der Waals surface area contributed by atoms with E-state index >= 15 is 0 Å². The van der Waals surface area contributed by atoms with Gasteiger partial charge in [0.25, 0.3) is 5.56 Å². The first-order valence-electron chi connectivity index (χ1n) is 7.90. The Balaban J connectivity index is 1.74. The molecule has 4 rings (SSSR count). The molecule has 0 saturated heterocycles. The van der Waals surface area contributed by atoms with E-state index in [-0.39, 0.29) is 5.56 Å². The first-order chi connectivity index (χ1) is 11.3. The molecule has 23 heavy (non-hydrogen) atoms. The predicted molar refractivity (Wildman–Crippen MR) is 97.7 cm³/mol. The van der Waals surface area contributed by atoms with Crippen molar-refractivity contribution in [2.24, 2.45) is 11.0 Å². The molecule has 4 nitrogen and oxygen atoms in total. The standard InChI is InChI=1S/C17H17N3OS2/c21-17-15-13(14-7-4-8-22-14)10-23-16(15)18-11-20(17)19-9-12-5-2-1-3-6-12/h4,7-12H,1-3,5-6H2/b19-9-. The Labute approximate surface area is 142 Å². The van der Waals surface area contributed by atoms with Crippen LogP contribution in [0.2, 0.25) is 0 Å². The normalized spacial score (nSPS) is 16.5. The van der Waals surface area contributed by atoms with Gasteiger partial charge in [0.2, 0.25) is 0 Å². The maximum Gasteiger partial charge on any atom is 0.283 e. The molecule has 0 radical (unpaired) electrons. The van der Waals surface area contributed by atoms with E-state index in [1.54, 1.807) is 17.7 Å². The van der Waals surface area contributed by atoms with Crippen LogP contribution < -0.4 is 5.56 Å². The molecule has 1 saturated carbocycles. The van der Waals surface area contributed by atoms with Gasteiger partial charge in [0.05, 0.1) is 5.39 Å². The lowest BCUT2D eigenvalue weighted by molar-refractivity contribution is 0.443. The zero-order chi connectivity index (χ0) is 15.6. The third-order valence-electron chi connectivity index (χ3n) is 4.32. The second-order valence-corrected chi connectivity index (χ2v) is 7.67. The highest BCUT2D eigenvalue weighted by atomic mass is 32.1. The molecule has 0 spiro atoms. The highest BCUT2D eigenvalue weighted by molar-refractivity contribution is 7.18. The van der Waals surface area contributed by atoms with Gasteiger partial charge < -0.3 is 0 Å². The Morgan fingerprint density at radius 2 is 2.13 bits per heavy atom. The lowest BCUT2D eigenvalue weighted by Gasteiger charge is -2.16. The van der Waals surface area contributed by atoms with Crippen LogP contribution in [-0.2, 0) is 0 Å². The third-order valence-corrected chi connectivity index (χ3v) is 6.11. The number of nitrogens with zero attached hydrogens (tertiary/aromatic N) is 3. The van der Waals surface area contributed by atoms with Crippen LogP contribution in [0, 0.1) is 5.92 Å². The molecular formula is C17H17N3OS2. The topological polar surface area (TPSA) is 47.2 Å². The van der Waals surface area contributed by atoms with Crippen LogP contribution in [0.4, 0.5) is 0 Å². The summed E-state index contributed by atoms with van der Waals surface area (Å²) in [5.74, 6) is 0.491. The summed E-state index contributed by atoms with van der Waals surface area (Å²) in [7, 11) is 0. The van der Waals surface area contributed by atoms with Gasteiger partial charge in [-0.3, -0.25) is 4.79 Å². The van der Waals surface area contributed by atoms with Crippen LogP contribution in [0.15, 0.2) is 39.1 Å². The fourth-order valence-corrected chi connectivity index (χ4v) is 4.79. The lowest BCUT2D eigenvalue weighted by atomic mass is 9.90. The molecule has 0 N–H and O–H groups in total. The molecule has 0 atom stereocenters. The maximum atomic E-state index is 12.8. The van der Waals surface area contributed by atoms with Crippen molar-refractivity contribution in [1.82, 2.24) is 9.66 Å². The fourth-order valence-electron chi connectivity index (χ4n) is 3.07. The second kappa shape index (κ2) is 6.37. The van der Waals surface area contributed by atoms with Gasteiger partial charge in [-0.15, -0.1) is 22.7 Å². The van der Waals surface area contributed by atoms with Crippen molar-refractivity contribution in [3.8, 4) is 10.4 Å². The van der Waals surface area contributed by atoms with Crippen LogP contribution >= 0.6 is 22.7 Å². The SMILES string of the molecule is O=c1c2c(-c3cccs3)csc2ncn1/N=C\C1CCCCC1. The molecule has 0 aromatic carbocycles. The molecule has 0 amide bonds. The molecule has 118 valence electrons. The summed E-state index contributed by atoms with van der Waals surface area (Å²) in [4.78, 5) is 19.1. The van der Waals surface area contributed by atoms with Crippen LogP contribution in [0.5, 0.6) is 0 Å². The Kier molecular flexibility index (Phi) is 4.10. The van der Waals surface area contributed by atoms with Crippen molar-refractivity contribution in [2.75, 3.05) is 0 Å². The average Bonchev–Trinajstić information content (AvgIpc) is 3.24. The van der Waals surface area contributed by atoms with Crippen LogP contribution in [-0.4, -0.2) is 15.9 Å². The molecule has 6 heteroatoms. The van der Waals surface area contributed by atoms with Crippen molar-refractivity contribution >= 4 is 39.1 Å². The molecule has 1 aliphatic carbocycles. The first-order valence-corrected chi connectivity index (χ1v) is 9.66. The van der Waals surface area contributed by atoms with Gasteiger partial charge in [-0.1, -0.05) is 25.3 Å². The zero-order valence-electron chi connectivity index (χ0n) is 12.6. The van der Waals surface area contributed by atoms with Gasteiger partial charge in [0.15, 0.2) is 0 Å². The first kappa shape index (κ1) is 14.8. The van der Waals surface area contributed by atoms with Crippen molar-refractivity contribution < 1.29 is 0 Å². The molecule has 3 aromatic rings. The number of rotatable bonds is 3. The summed E-state index contributed by atoms with van der Waals surface area (Å²) in [5, 5.41) is 9.12. The van der Waals surface area contributed by atoms with Gasteiger partial charge in [0, 0.05) is 22.0 Å². The fraction of sp³-hybridized carbons (Fsp3) is 0.353. The Bertz CT molecular complexity index is 886. The molecular weight excluding hydrogens is 326 g/mol. The van der Waals surface area contributed by atoms with E-state index < -0.39 is 0 Å². The van der Waals surface area contributed by atoms with E-state index in [1.165, 1.54) is 48.1 Å². The molecule has 3 aromatic heterocycles. The molecule has 1 aliphatic rings. The van der Waals surface area contributed by atoms with Gasteiger partial charge >= 0.3 is 0 Å². The van der Waals surface area contributed by atoms with Crippen molar-refractivity contribution in [3.05, 3.63) is 39.6 Å². The van der Waals surface area contributed by atoms with Crippen LogP contribution in [0.25, 0.3) is 20.7 Å². The largest absolute Gasteiger partial charge is 0.283 e. The summed E-state index contributed by atoms with van der Waals surface area (Å²) in [6, 6.07) is 4.04.